The van der Waals surface area contributed by atoms with E-state index in [1.165, 1.54) is 50.5 Å². The number of nitrogens with one attached hydrogen (secondary N) is 1. The van der Waals surface area contributed by atoms with Crippen LogP contribution in [-0.4, -0.2) is 17.7 Å². The van der Waals surface area contributed by atoms with Gasteiger partial charge in [0.2, 0.25) is 0 Å². The van der Waals surface area contributed by atoms with Crippen molar-refractivity contribution in [2.24, 2.45) is 0 Å². The number of hydrogen-bond donors (Lipinski definition) is 1. The van der Waals surface area contributed by atoms with Crippen LogP contribution in [0.5, 0.6) is 0 Å². The van der Waals surface area contributed by atoms with Crippen molar-refractivity contribution in [3.63, 3.8) is 0 Å². The molecule has 1 N–H and O–H groups in total. The maximum Gasteiger partial charge on any atom is 0.0711 e. The predicted molar refractivity (Wildman–Crippen MR) is 180 cm³/mol. The Kier molecular flexibility index (Phi) is 9.74. The fraction of sp³-hybridized carbons (Fsp3) is 0.395. The zero-order chi connectivity index (χ0) is 28.9. The first-order valence-electron chi connectivity index (χ1n) is 15.6. The Morgan fingerprint density at radius 1 is 0.756 bits per heavy atom. The highest BCUT2D eigenvalue weighted by Gasteiger charge is 2.25. The largest absolute Gasteiger partial charge is 0.308 e. The normalized spacial score (nSPS) is 15.2. The molecule has 0 spiro atoms. The van der Waals surface area contributed by atoms with Crippen LogP contribution in [0.3, 0.4) is 0 Å². The SMILES string of the molecule is CC(C)c1cc(C(C)C)c(-c2ccc3c(n2)C(NCCP(c2ccccc2)c2ccccc2)CCC3)c(C(C)C)c1. The Morgan fingerprint density at radius 2 is 1.34 bits per heavy atom. The molecule has 0 saturated carbocycles. The Labute approximate surface area is 249 Å². The average molecular weight is 563 g/mol. The van der Waals surface area contributed by atoms with E-state index in [-0.39, 0.29) is 0 Å². The molecule has 3 heteroatoms. The summed E-state index contributed by atoms with van der Waals surface area (Å²) in [7, 11) is -0.402. The Hall–Kier alpha value is -2.80. The van der Waals surface area contributed by atoms with Gasteiger partial charge >= 0.3 is 0 Å². The fourth-order valence-electron chi connectivity index (χ4n) is 6.21. The summed E-state index contributed by atoms with van der Waals surface area (Å²) in [5.41, 5.74) is 9.51. The molecular weight excluding hydrogens is 515 g/mol. The third-order valence-corrected chi connectivity index (χ3v) is 11.0. The van der Waals surface area contributed by atoms with E-state index >= 15 is 0 Å². The molecule has 0 amide bonds. The van der Waals surface area contributed by atoms with Crippen molar-refractivity contribution in [1.82, 2.24) is 10.3 Å². The lowest BCUT2D eigenvalue weighted by molar-refractivity contribution is 0.461. The van der Waals surface area contributed by atoms with Crippen LogP contribution in [0.25, 0.3) is 11.3 Å². The maximum atomic E-state index is 5.48. The monoisotopic (exact) mass is 562 g/mol. The molecule has 1 aliphatic carbocycles. The molecule has 1 aromatic heterocycles. The molecule has 2 nitrogen and oxygen atoms in total. The molecule has 0 fully saturated rings. The number of aromatic nitrogens is 1. The molecule has 1 atom stereocenters. The van der Waals surface area contributed by atoms with E-state index in [1.807, 2.05) is 0 Å². The molecule has 41 heavy (non-hydrogen) atoms. The van der Waals surface area contributed by atoms with Gasteiger partial charge < -0.3 is 5.32 Å². The molecule has 5 rings (SSSR count). The van der Waals surface area contributed by atoms with Gasteiger partial charge in [-0.25, -0.2) is 0 Å². The van der Waals surface area contributed by atoms with Crippen molar-refractivity contribution in [2.75, 3.05) is 12.7 Å². The van der Waals surface area contributed by atoms with Gasteiger partial charge in [0.1, 0.15) is 0 Å². The van der Waals surface area contributed by atoms with Gasteiger partial charge in [0.15, 0.2) is 0 Å². The molecule has 0 aliphatic heterocycles. The zero-order valence-electron chi connectivity index (χ0n) is 25.8. The Bertz CT molecular complexity index is 1360. The van der Waals surface area contributed by atoms with E-state index < -0.39 is 7.92 Å². The summed E-state index contributed by atoms with van der Waals surface area (Å²) in [6.45, 7) is 14.9. The summed E-state index contributed by atoms with van der Waals surface area (Å²) in [6.07, 6.45) is 4.62. The highest BCUT2D eigenvalue weighted by Crippen LogP contribution is 2.40. The number of aryl methyl sites for hydroxylation is 1. The minimum atomic E-state index is -0.402. The van der Waals surface area contributed by atoms with E-state index in [4.69, 9.17) is 4.98 Å². The number of benzene rings is 3. The van der Waals surface area contributed by atoms with Crippen molar-refractivity contribution in [1.29, 1.82) is 0 Å². The van der Waals surface area contributed by atoms with Gasteiger partial charge in [-0.2, -0.15) is 0 Å². The topological polar surface area (TPSA) is 24.9 Å². The number of rotatable bonds is 10. The summed E-state index contributed by atoms with van der Waals surface area (Å²) >= 11 is 0. The summed E-state index contributed by atoms with van der Waals surface area (Å²) < 4.78 is 0. The summed E-state index contributed by atoms with van der Waals surface area (Å²) in [5, 5.41) is 6.88. The van der Waals surface area contributed by atoms with Crippen molar-refractivity contribution in [2.45, 2.75) is 84.6 Å². The molecule has 0 radical (unpaired) electrons. The summed E-state index contributed by atoms with van der Waals surface area (Å²) in [5.74, 6) is 1.41. The maximum absolute atomic E-state index is 5.48. The van der Waals surface area contributed by atoms with E-state index in [1.54, 1.807) is 0 Å². The first kappa shape index (κ1) is 29.7. The lowest BCUT2D eigenvalue weighted by atomic mass is 9.82. The third-order valence-electron chi connectivity index (χ3n) is 8.53. The fourth-order valence-corrected chi connectivity index (χ4v) is 8.44. The minimum absolute atomic E-state index is 0.307. The van der Waals surface area contributed by atoms with E-state index in [9.17, 15) is 0 Å². The summed E-state index contributed by atoms with van der Waals surface area (Å²) in [6, 6.07) is 32.0. The van der Waals surface area contributed by atoms with Crippen LogP contribution in [0.4, 0.5) is 0 Å². The van der Waals surface area contributed by atoms with Crippen molar-refractivity contribution < 1.29 is 0 Å². The second kappa shape index (κ2) is 13.5. The third kappa shape index (κ3) is 6.82. The van der Waals surface area contributed by atoms with Crippen molar-refractivity contribution in [3.8, 4) is 11.3 Å². The number of nitrogens with zero attached hydrogens (tertiary/aromatic N) is 1. The Morgan fingerprint density at radius 3 is 1.88 bits per heavy atom. The van der Waals surface area contributed by atoms with Crippen LogP contribution in [0.15, 0.2) is 84.9 Å². The molecule has 0 bridgehead atoms. The number of fused-ring (bicyclic) bond motifs is 1. The zero-order valence-corrected chi connectivity index (χ0v) is 26.7. The van der Waals surface area contributed by atoms with Gasteiger partial charge in [0.25, 0.3) is 0 Å². The molecule has 4 aromatic rings. The number of pyridine rings is 1. The van der Waals surface area contributed by atoms with Crippen LogP contribution < -0.4 is 15.9 Å². The van der Waals surface area contributed by atoms with Crippen LogP contribution in [0.2, 0.25) is 0 Å². The lowest BCUT2D eigenvalue weighted by Gasteiger charge is -2.28. The van der Waals surface area contributed by atoms with Gasteiger partial charge in [0, 0.05) is 18.2 Å². The molecule has 214 valence electrons. The van der Waals surface area contributed by atoms with E-state index in [2.05, 4.69) is 132 Å². The predicted octanol–water partition coefficient (Wildman–Crippen LogP) is 9.22. The van der Waals surface area contributed by atoms with E-state index in [0.29, 0.717) is 23.8 Å². The van der Waals surface area contributed by atoms with Gasteiger partial charge in [-0.1, -0.05) is 120 Å². The van der Waals surface area contributed by atoms with Gasteiger partial charge in [-0.15, -0.1) is 0 Å². The lowest BCUT2D eigenvalue weighted by Crippen LogP contribution is -2.30. The molecule has 0 saturated heterocycles. The van der Waals surface area contributed by atoms with Crippen LogP contribution in [0, 0.1) is 0 Å². The van der Waals surface area contributed by atoms with Crippen LogP contribution in [-0.2, 0) is 6.42 Å². The second-order valence-corrected chi connectivity index (χ2v) is 14.8. The van der Waals surface area contributed by atoms with Crippen LogP contribution >= 0.6 is 7.92 Å². The molecule has 1 heterocycles. The Balaban J connectivity index is 1.44. The summed E-state index contributed by atoms with van der Waals surface area (Å²) in [4.78, 5) is 5.48. The van der Waals surface area contributed by atoms with Crippen molar-refractivity contribution in [3.05, 3.63) is 113 Å². The first-order valence-corrected chi connectivity index (χ1v) is 17.1. The minimum Gasteiger partial charge on any atom is -0.308 e. The molecule has 1 aliphatic rings. The molecular formula is C38H47N2P. The quantitative estimate of drug-likeness (QED) is 0.195. The van der Waals surface area contributed by atoms with Crippen molar-refractivity contribution >= 4 is 18.5 Å². The smallest absolute Gasteiger partial charge is 0.0711 e. The van der Waals surface area contributed by atoms with Crippen LogP contribution in [0.1, 0.15) is 106 Å². The standard InChI is InChI=1S/C38H47N2P/c1-26(2)30-24-33(27(3)4)37(34(25-30)28(5)6)35-21-20-29-14-13-19-36(38(29)40-35)39-22-23-41(31-15-9-7-10-16-31)32-17-11-8-12-18-32/h7-12,15-18,20-21,24-28,36,39H,13-14,19,22-23H2,1-6H3. The first-order chi connectivity index (χ1) is 19.8. The molecule has 1 unspecified atom stereocenters. The van der Waals surface area contributed by atoms with Gasteiger partial charge in [-0.05, 0) is 90.0 Å². The van der Waals surface area contributed by atoms with Gasteiger partial charge in [-0.3, -0.25) is 4.98 Å². The second-order valence-electron chi connectivity index (χ2n) is 12.5. The average Bonchev–Trinajstić information content (AvgIpc) is 2.99. The highest BCUT2D eigenvalue weighted by atomic mass is 31.1. The van der Waals surface area contributed by atoms with E-state index in [0.717, 1.165) is 31.2 Å². The number of hydrogen-bond acceptors (Lipinski definition) is 2. The highest BCUT2D eigenvalue weighted by molar-refractivity contribution is 7.73. The molecule has 3 aromatic carbocycles. The van der Waals surface area contributed by atoms with Gasteiger partial charge in [0.05, 0.1) is 11.4 Å².